The van der Waals surface area contributed by atoms with Crippen LogP contribution in [0, 0.1) is 0 Å². The van der Waals surface area contributed by atoms with Crippen molar-refractivity contribution in [1.29, 1.82) is 0 Å². The van der Waals surface area contributed by atoms with E-state index in [4.69, 9.17) is 16.3 Å². The zero-order valence-electron chi connectivity index (χ0n) is 21.6. The Morgan fingerprint density at radius 1 is 0.974 bits per heavy atom. The van der Waals surface area contributed by atoms with Gasteiger partial charge >= 0.3 is 6.18 Å². The topological polar surface area (TPSA) is 49.9 Å². The Morgan fingerprint density at radius 3 is 2.10 bits per heavy atom. The summed E-state index contributed by atoms with van der Waals surface area (Å²) in [7, 11) is -3.21. The van der Waals surface area contributed by atoms with Crippen molar-refractivity contribution in [2.45, 2.75) is 31.2 Å². The third kappa shape index (κ3) is 8.05. The van der Waals surface area contributed by atoms with Crippen LogP contribution in [0.15, 0.2) is 78.9 Å². The van der Waals surface area contributed by atoms with Crippen molar-refractivity contribution in [3.8, 4) is 0 Å². The molecule has 1 aliphatic heterocycles. The van der Waals surface area contributed by atoms with E-state index in [-0.39, 0.29) is 23.6 Å². The fourth-order valence-corrected chi connectivity index (χ4v) is 5.91. The van der Waals surface area contributed by atoms with Crippen molar-refractivity contribution in [3.63, 3.8) is 0 Å². The monoisotopic (exact) mass is 580 g/mol. The molecule has 1 aliphatic rings. The number of alkyl halides is 3. The van der Waals surface area contributed by atoms with Gasteiger partial charge in [-0.3, -0.25) is 4.90 Å². The molecule has 0 spiro atoms. The molecule has 0 atom stereocenters. The Balaban J connectivity index is 1.51. The van der Waals surface area contributed by atoms with Gasteiger partial charge in [0, 0.05) is 45.2 Å². The molecule has 4 rings (SSSR count). The highest BCUT2D eigenvalue weighted by Gasteiger charge is 2.35. The second-order valence-corrected chi connectivity index (χ2v) is 12.2. The van der Waals surface area contributed by atoms with E-state index in [9.17, 15) is 21.6 Å². The molecule has 39 heavy (non-hydrogen) atoms. The number of rotatable bonds is 12. The quantitative estimate of drug-likeness (QED) is 0.245. The van der Waals surface area contributed by atoms with Crippen LogP contribution in [0.3, 0.4) is 0 Å². The maximum Gasteiger partial charge on any atom is 0.417 e. The SMILES string of the molecule is CS(=O)(=O)N1CC(OCCCN(Cc2cccc(C(F)(F)F)c2Cl)CC(c2ccccc2)c2ccccc2)C1. The predicted octanol–water partition coefficient (Wildman–Crippen LogP) is 6.04. The molecule has 0 unspecified atom stereocenters. The van der Waals surface area contributed by atoms with E-state index in [0.29, 0.717) is 44.8 Å². The zero-order valence-corrected chi connectivity index (χ0v) is 23.2. The molecule has 0 radical (unpaired) electrons. The molecular weight excluding hydrogens is 549 g/mol. The fraction of sp³-hybridized carbons (Fsp3) is 0.379. The van der Waals surface area contributed by atoms with Gasteiger partial charge in [-0.1, -0.05) is 84.4 Å². The maximum absolute atomic E-state index is 13.5. The molecule has 0 amide bonds. The minimum absolute atomic E-state index is 0.00663. The van der Waals surface area contributed by atoms with Gasteiger partial charge in [0.15, 0.2) is 0 Å². The largest absolute Gasteiger partial charge is 0.417 e. The molecule has 5 nitrogen and oxygen atoms in total. The van der Waals surface area contributed by atoms with Gasteiger partial charge in [-0.15, -0.1) is 0 Å². The summed E-state index contributed by atoms with van der Waals surface area (Å²) in [5.74, 6) is -0.00663. The van der Waals surface area contributed by atoms with Crippen LogP contribution in [0.4, 0.5) is 13.2 Å². The minimum atomic E-state index is -4.54. The number of hydrogen-bond acceptors (Lipinski definition) is 4. The third-order valence-electron chi connectivity index (χ3n) is 6.88. The maximum atomic E-state index is 13.5. The second kappa shape index (κ2) is 12.8. The number of halogens is 4. The second-order valence-electron chi connectivity index (χ2n) is 9.81. The van der Waals surface area contributed by atoms with Crippen LogP contribution in [-0.2, 0) is 27.5 Å². The van der Waals surface area contributed by atoms with Crippen LogP contribution in [0.25, 0.3) is 0 Å². The van der Waals surface area contributed by atoms with E-state index in [1.165, 1.54) is 16.6 Å². The molecule has 1 heterocycles. The lowest BCUT2D eigenvalue weighted by Crippen LogP contribution is -2.54. The molecule has 3 aromatic rings. The molecule has 1 saturated heterocycles. The molecule has 0 aliphatic carbocycles. The predicted molar refractivity (Wildman–Crippen MR) is 147 cm³/mol. The van der Waals surface area contributed by atoms with Crippen molar-refractivity contribution >= 4 is 21.6 Å². The summed E-state index contributed by atoms with van der Waals surface area (Å²) in [5.41, 5.74) is 1.79. The normalized spacial score (nSPS) is 15.2. The van der Waals surface area contributed by atoms with Gasteiger partial charge in [0.05, 0.1) is 22.9 Å². The molecule has 0 N–H and O–H groups in total. The lowest BCUT2D eigenvalue weighted by Gasteiger charge is -2.37. The average Bonchev–Trinajstić information content (AvgIpc) is 2.86. The lowest BCUT2D eigenvalue weighted by molar-refractivity contribution is -0.137. The van der Waals surface area contributed by atoms with Crippen molar-refractivity contribution in [1.82, 2.24) is 9.21 Å². The minimum Gasteiger partial charge on any atom is -0.375 e. The summed E-state index contributed by atoms with van der Waals surface area (Å²) < 4.78 is 71.0. The summed E-state index contributed by atoms with van der Waals surface area (Å²) in [6.07, 6.45) is -2.88. The van der Waals surface area contributed by atoms with E-state index in [1.807, 2.05) is 36.4 Å². The summed E-state index contributed by atoms with van der Waals surface area (Å²) >= 11 is 6.26. The fourth-order valence-electron chi connectivity index (χ4n) is 4.74. The Morgan fingerprint density at radius 2 is 1.56 bits per heavy atom. The molecule has 1 fully saturated rings. The highest BCUT2D eigenvalue weighted by molar-refractivity contribution is 7.88. The zero-order chi connectivity index (χ0) is 28.0. The molecule has 0 aromatic heterocycles. The number of sulfonamides is 1. The van der Waals surface area contributed by atoms with Crippen molar-refractivity contribution in [2.24, 2.45) is 0 Å². The van der Waals surface area contributed by atoms with E-state index < -0.39 is 21.8 Å². The standard InChI is InChI=1S/C29H32ClF3N2O3S/c1-39(36,37)35-19-25(20-35)38-17-9-16-34(18-24-14-8-15-27(28(24)30)29(31,32)33)21-26(22-10-4-2-5-11-22)23-12-6-3-7-13-23/h2-8,10-15,25-26H,9,16-21H2,1H3. The number of ether oxygens (including phenoxy) is 1. The first kappa shape index (κ1) is 29.6. The van der Waals surface area contributed by atoms with Crippen LogP contribution in [-0.4, -0.2) is 62.8 Å². The number of benzene rings is 3. The summed E-state index contributed by atoms with van der Waals surface area (Å²) in [6.45, 7) is 2.46. The Labute approximate surface area is 233 Å². The molecule has 0 bridgehead atoms. The summed E-state index contributed by atoms with van der Waals surface area (Å²) in [6, 6.07) is 24.1. The van der Waals surface area contributed by atoms with Gasteiger partial charge in [0.1, 0.15) is 0 Å². The van der Waals surface area contributed by atoms with Crippen LogP contribution in [0.1, 0.15) is 34.6 Å². The first-order valence-corrected chi connectivity index (χ1v) is 15.0. The highest BCUT2D eigenvalue weighted by Crippen LogP contribution is 2.37. The van der Waals surface area contributed by atoms with E-state index >= 15 is 0 Å². The summed E-state index contributed by atoms with van der Waals surface area (Å²) in [5, 5.41) is -0.280. The number of nitrogens with zero attached hydrogens (tertiary/aromatic N) is 2. The highest BCUT2D eigenvalue weighted by atomic mass is 35.5. The van der Waals surface area contributed by atoms with E-state index in [2.05, 4.69) is 29.2 Å². The Hall–Kier alpha value is -2.43. The molecule has 0 saturated carbocycles. The van der Waals surface area contributed by atoms with E-state index in [0.717, 1.165) is 17.2 Å². The van der Waals surface area contributed by atoms with Crippen LogP contribution in [0.5, 0.6) is 0 Å². The molecule has 10 heteroatoms. The lowest BCUT2D eigenvalue weighted by atomic mass is 9.90. The van der Waals surface area contributed by atoms with Gasteiger partial charge in [0.2, 0.25) is 10.0 Å². The van der Waals surface area contributed by atoms with Gasteiger partial charge in [-0.05, 0) is 29.2 Å². The Kier molecular flexibility index (Phi) is 9.72. The van der Waals surface area contributed by atoms with Crippen molar-refractivity contribution in [2.75, 3.05) is 39.0 Å². The summed E-state index contributed by atoms with van der Waals surface area (Å²) in [4.78, 5) is 2.11. The van der Waals surface area contributed by atoms with Crippen molar-refractivity contribution in [3.05, 3.63) is 106 Å². The molecular formula is C29H32ClF3N2O3S. The van der Waals surface area contributed by atoms with Gasteiger partial charge < -0.3 is 4.74 Å². The molecule has 210 valence electrons. The van der Waals surface area contributed by atoms with Gasteiger partial charge in [0.25, 0.3) is 0 Å². The third-order valence-corrected chi connectivity index (χ3v) is 8.56. The van der Waals surface area contributed by atoms with Gasteiger partial charge in [-0.25, -0.2) is 8.42 Å². The van der Waals surface area contributed by atoms with Crippen molar-refractivity contribution < 1.29 is 26.3 Å². The van der Waals surface area contributed by atoms with Crippen LogP contribution < -0.4 is 0 Å². The first-order chi connectivity index (χ1) is 18.5. The van der Waals surface area contributed by atoms with Gasteiger partial charge in [-0.2, -0.15) is 17.5 Å². The van der Waals surface area contributed by atoms with Crippen LogP contribution >= 0.6 is 11.6 Å². The Bertz CT molecular complexity index is 1280. The van der Waals surface area contributed by atoms with E-state index in [1.54, 1.807) is 6.07 Å². The first-order valence-electron chi connectivity index (χ1n) is 12.8. The molecule has 3 aromatic carbocycles. The smallest absolute Gasteiger partial charge is 0.375 e. The number of hydrogen-bond donors (Lipinski definition) is 0. The van der Waals surface area contributed by atoms with Crippen LogP contribution in [0.2, 0.25) is 5.02 Å². The average molecular weight is 581 g/mol.